The molecule has 21 heavy (non-hydrogen) atoms. The van der Waals surface area contributed by atoms with Crippen LogP contribution in [0, 0.1) is 5.92 Å². The molecule has 3 aliphatic rings. The molecule has 2 saturated carbocycles. The van der Waals surface area contributed by atoms with Gasteiger partial charge in [-0.2, -0.15) is 0 Å². The lowest BCUT2D eigenvalue weighted by atomic mass is 9.83. The summed E-state index contributed by atoms with van der Waals surface area (Å²) in [5.41, 5.74) is 2.16. The van der Waals surface area contributed by atoms with Crippen molar-refractivity contribution in [2.24, 2.45) is 5.92 Å². The molecular formula is C18H27N3. The number of nitrogens with zero attached hydrogens (tertiary/aromatic N) is 2. The zero-order chi connectivity index (χ0) is 14.3. The van der Waals surface area contributed by atoms with E-state index in [9.17, 15) is 0 Å². The molecule has 1 N–H and O–H groups in total. The number of nitrogens with one attached hydrogen (secondary N) is 1. The number of pyridine rings is 1. The minimum absolute atomic E-state index is 0.334. The van der Waals surface area contributed by atoms with Gasteiger partial charge in [0.25, 0.3) is 0 Å². The van der Waals surface area contributed by atoms with E-state index in [2.05, 4.69) is 34.3 Å². The smallest absolute Gasteiger partial charge is 0.0338 e. The van der Waals surface area contributed by atoms with Crippen molar-refractivity contribution >= 4 is 0 Å². The van der Waals surface area contributed by atoms with E-state index in [1.807, 2.05) is 12.4 Å². The number of hydrogen-bond donors (Lipinski definition) is 1. The molecule has 3 heteroatoms. The van der Waals surface area contributed by atoms with Crippen LogP contribution in [-0.2, 0) is 6.54 Å². The number of rotatable bonds is 3. The molecule has 0 radical (unpaired) electrons. The Hall–Kier alpha value is -0.930. The molecule has 1 aromatic rings. The summed E-state index contributed by atoms with van der Waals surface area (Å²) < 4.78 is 0. The second kappa shape index (κ2) is 5.06. The first-order chi connectivity index (χ1) is 10.2. The molecule has 3 nitrogen and oxygen atoms in total. The van der Waals surface area contributed by atoms with Crippen molar-refractivity contribution in [3.8, 4) is 0 Å². The third-order valence-electron chi connectivity index (χ3n) is 6.15. The average molecular weight is 285 g/mol. The van der Waals surface area contributed by atoms with E-state index >= 15 is 0 Å². The largest absolute Gasteiger partial charge is 0.308 e. The van der Waals surface area contributed by atoms with E-state index in [-0.39, 0.29) is 0 Å². The predicted octanol–water partition coefficient (Wildman–Crippen LogP) is 2.97. The summed E-state index contributed by atoms with van der Waals surface area (Å²) in [6.45, 7) is 5.93. The molecule has 0 aromatic carbocycles. The fourth-order valence-electron chi connectivity index (χ4n) is 4.55. The molecular weight excluding hydrogens is 258 g/mol. The second-order valence-electron chi connectivity index (χ2n) is 7.69. The predicted molar refractivity (Wildman–Crippen MR) is 85.0 cm³/mol. The van der Waals surface area contributed by atoms with E-state index < -0.39 is 0 Å². The summed E-state index contributed by atoms with van der Waals surface area (Å²) in [5.74, 6) is 0.899. The lowest BCUT2D eigenvalue weighted by molar-refractivity contribution is -0.000689. The summed E-state index contributed by atoms with van der Waals surface area (Å²) in [6, 6.07) is 4.36. The van der Waals surface area contributed by atoms with Gasteiger partial charge in [-0.1, -0.05) is 12.8 Å². The first-order valence-electron chi connectivity index (χ1n) is 8.59. The van der Waals surface area contributed by atoms with Gasteiger partial charge >= 0.3 is 0 Å². The monoisotopic (exact) mass is 285 g/mol. The van der Waals surface area contributed by atoms with Crippen molar-refractivity contribution in [2.75, 3.05) is 13.1 Å². The molecule has 3 fully saturated rings. The molecule has 2 aliphatic carbocycles. The van der Waals surface area contributed by atoms with E-state index in [0.717, 1.165) is 12.5 Å². The Morgan fingerprint density at radius 3 is 2.62 bits per heavy atom. The van der Waals surface area contributed by atoms with Crippen LogP contribution in [0.3, 0.4) is 0 Å². The SMILES string of the molecule is CC1(C2CC2)CN(Cc2ccncc2)C2(CCCC2)CN1. The van der Waals surface area contributed by atoms with Gasteiger partial charge in [0.15, 0.2) is 0 Å². The molecule has 0 bridgehead atoms. The maximum absolute atomic E-state index is 4.16. The Morgan fingerprint density at radius 1 is 1.24 bits per heavy atom. The highest BCUT2D eigenvalue weighted by Gasteiger charge is 2.51. The van der Waals surface area contributed by atoms with Crippen LogP contribution in [0.2, 0.25) is 0 Å². The highest BCUT2D eigenvalue weighted by atomic mass is 15.3. The highest BCUT2D eigenvalue weighted by molar-refractivity contribution is 5.15. The van der Waals surface area contributed by atoms with Crippen molar-refractivity contribution < 1.29 is 0 Å². The average Bonchev–Trinajstić information content (AvgIpc) is 3.26. The van der Waals surface area contributed by atoms with Crippen LogP contribution < -0.4 is 5.32 Å². The number of aromatic nitrogens is 1. The molecule has 0 amide bonds. The van der Waals surface area contributed by atoms with Gasteiger partial charge in [0.1, 0.15) is 0 Å². The third kappa shape index (κ3) is 2.51. The van der Waals surface area contributed by atoms with Crippen LogP contribution in [0.25, 0.3) is 0 Å². The van der Waals surface area contributed by atoms with E-state index in [4.69, 9.17) is 0 Å². The first kappa shape index (κ1) is 13.7. The standard InChI is InChI=1S/C18H27N3/c1-17(16-4-5-16)14-21(12-15-6-10-19-11-7-15)18(13-20-17)8-2-3-9-18/h6-7,10-11,16,20H,2-5,8-9,12-14H2,1H3. The fourth-order valence-corrected chi connectivity index (χ4v) is 4.55. The van der Waals surface area contributed by atoms with Gasteiger partial charge < -0.3 is 5.32 Å². The molecule has 1 aromatic heterocycles. The maximum atomic E-state index is 4.16. The highest BCUT2D eigenvalue weighted by Crippen LogP contribution is 2.46. The Balaban J connectivity index is 1.58. The van der Waals surface area contributed by atoms with Gasteiger partial charge in [-0.05, 0) is 56.2 Å². The Bertz CT molecular complexity index is 490. The molecule has 1 atom stereocenters. The van der Waals surface area contributed by atoms with E-state index in [0.29, 0.717) is 11.1 Å². The van der Waals surface area contributed by atoms with Crippen LogP contribution in [0.5, 0.6) is 0 Å². The topological polar surface area (TPSA) is 28.2 Å². The molecule has 114 valence electrons. The molecule has 4 rings (SSSR count). The number of piperazine rings is 1. The summed E-state index contributed by atoms with van der Waals surface area (Å²) in [4.78, 5) is 6.97. The Kier molecular flexibility index (Phi) is 3.31. The molecule has 1 unspecified atom stereocenters. The van der Waals surface area contributed by atoms with Crippen LogP contribution in [-0.4, -0.2) is 34.1 Å². The van der Waals surface area contributed by atoms with Gasteiger partial charge in [-0.3, -0.25) is 9.88 Å². The van der Waals surface area contributed by atoms with Gasteiger partial charge in [0.05, 0.1) is 0 Å². The fraction of sp³-hybridized carbons (Fsp3) is 0.722. The normalized spacial score (nSPS) is 32.6. The summed E-state index contributed by atoms with van der Waals surface area (Å²) in [6.07, 6.45) is 12.2. The Labute approximate surface area is 128 Å². The minimum Gasteiger partial charge on any atom is -0.308 e. The van der Waals surface area contributed by atoms with Gasteiger partial charge in [-0.25, -0.2) is 0 Å². The van der Waals surface area contributed by atoms with Crippen molar-refractivity contribution in [2.45, 2.75) is 63.1 Å². The van der Waals surface area contributed by atoms with Crippen molar-refractivity contribution in [1.82, 2.24) is 15.2 Å². The first-order valence-corrected chi connectivity index (χ1v) is 8.59. The van der Waals surface area contributed by atoms with Gasteiger partial charge in [-0.15, -0.1) is 0 Å². The summed E-state index contributed by atoms with van der Waals surface area (Å²) >= 11 is 0. The van der Waals surface area contributed by atoms with E-state index in [1.54, 1.807) is 0 Å². The molecule has 1 saturated heterocycles. The van der Waals surface area contributed by atoms with Crippen molar-refractivity contribution in [1.29, 1.82) is 0 Å². The van der Waals surface area contributed by atoms with Crippen LogP contribution in [0.1, 0.15) is 51.0 Å². The van der Waals surface area contributed by atoms with E-state index in [1.165, 1.54) is 57.2 Å². The summed E-state index contributed by atoms with van der Waals surface area (Å²) in [5, 5.41) is 3.95. The van der Waals surface area contributed by atoms with Gasteiger partial charge in [0, 0.05) is 43.1 Å². The zero-order valence-electron chi connectivity index (χ0n) is 13.1. The van der Waals surface area contributed by atoms with Gasteiger partial charge in [0.2, 0.25) is 0 Å². The van der Waals surface area contributed by atoms with Crippen LogP contribution in [0.4, 0.5) is 0 Å². The Morgan fingerprint density at radius 2 is 1.95 bits per heavy atom. The molecule has 1 aliphatic heterocycles. The molecule has 2 heterocycles. The third-order valence-corrected chi connectivity index (χ3v) is 6.15. The lowest BCUT2D eigenvalue weighted by Gasteiger charge is -2.53. The minimum atomic E-state index is 0.334. The van der Waals surface area contributed by atoms with Crippen LogP contribution >= 0.6 is 0 Å². The zero-order valence-corrected chi connectivity index (χ0v) is 13.1. The summed E-state index contributed by atoms with van der Waals surface area (Å²) in [7, 11) is 0. The number of hydrogen-bond acceptors (Lipinski definition) is 3. The second-order valence-corrected chi connectivity index (χ2v) is 7.69. The van der Waals surface area contributed by atoms with Crippen LogP contribution in [0.15, 0.2) is 24.5 Å². The van der Waals surface area contributed by atoms with Crippen molar-refractivity contribution in [3.63, 3.8) is 0 Å². The lowest BCUT2D eigenvalue weighted by Crippen LogP contribution is -2.68. The maximum Gasteiger partial charge on any atom is 0.0338 e. The molecule has 1 spiro atoms. The quantitative estimate of drug-likeness (QED) is 0.925. The van der Waals surface area contributed by atoms with Crippen molar-refractivity contribution in [3.05, 3.63) is 30.1 Å².